The third-order valence-corrected chi connectivity index (χ3v) is 6.67. The van der Waals surface area contributed by atoms with E-state index in [1.165, 1.54) is 0 Å². The van der Waals surface area contributed by atoms with Crippen molar-refractivity contribution in [3.8, 4) is 11.3 Å². The van der Waals surface area contributed by atoms with E-state index in [2.05, 4.69) is 0 Å². The van der Waals surface area contributed by atoms with Gasteiger partial charge in [0.15, 0.2) is 11.0 Å². The van der Waals surface area contributed by atoms with Crippen molar-refractivity contribution in [2.75, 3.05) is 0 Å². The summed E-state index contributed by atoms with van der Waals surface area (Å²) in [6.07, 6.45) is 0. The van der Waals surface area contributed by atoms with E-state index >= 15 is 0 Å². The van der Waals surface area contributed by atoms with E-state index in [0.29, 0.717) is 5.02 Å². The second-order valence-corrected chi connectivity index (χ2v) is 8.22. The third kappa shape index (κ3) is 2.86. The fourth-order valence-electron chi connectivity index (χ4n) is 2.84. The van der Waals surface area contributed by atoms with Crippen LogP contribution < -0.4 is 0 Å². The average molecular weight is 402 g/mol. The maximum atomic E-state index is 13.4. The van der Waals surface area contributed by atoms with Gasteiger partial charge in [0.25, 0.3) is 0 Å². The van der Waals surface area contributed by atoms with Gasteiger partial charge in [0.05, 0.1) is 16.1 Å². The lowest BCUT2D eigenvalue weighted by Crippen LogP contribution is -2.09. The van der Waals surface area contributed by atoms with Gasteiger partial charge in [0, 0.05) is 10.4 Å². The molecule has 2 heterocycles. The minimum atomic E-state index is -1.71. The Morgan fingerprint density at radius 1 is 1.08 bits per heavy atom. The van der Waals surface area contributed by atoms with Gasteiger partial charge >= 0.3 is 5.97 Å². The Balaban J connectivity index is 2.00. The summed E-state index contributed by atoms with van der Waals surface area (Å²) < 4.78 is 15.0. The summed E-state index contributed by atoms with van der Waals surface area (Å²) in [5, 5.41) is 12.5. The van der Waals surface area contributed by atoms with Gasteiger partial charge in [0.2, 0.25) is 0 Å². The first-order valence-electron chi connectivity index (χ1n) is 7.66. The Kier molecular flexibility index (Phi) is 4.40. The molecule has 0 aliphatic rings. The number of aromatic carboxylic acids is 1. The Hall–Kier alpha value is -2.41. The van der Waals surface area contributed by atoms with Crippen molar-refractivity contribution in [1.82, 2.24) is 3.97 Å². The second-order valence-electron chi connectivity index (χ2n) is 5.56. The van der Waals surface area contributed by atoms with Gasteiger partial charge in [-0.05, 0) is 41.3 Å². The predicted octanol–water partition coefficient (Wildman–Crippen LogP) is 5.29. The number of benzene rings is 2. The molecule has 2 aromatic carbocycles. The van der Waals surface area contributed by atoms with E-state index in [1.54, 1.807) is 27.6 Å². The zero-order chi connectivity index (χ0) is 18.3. The lowest BCUT2D eigenvalue weighted by molar-refractivity contribution is 0.0698. The fraction of sp³-hybridized carbons (Fsp3) is 0. The van der Waals surface area contributed by atoms with E-state index in [9.17, 15) is 14.1 Å². The lowest BCUT2D eigenvalue weighted by atomic mass is 10.1. The Morgan fingerprint density at radius 3 is 2.58 bits per heavy atom. The van der Waals surface area contributed by atoms with Crippen molar-refractivity contribution < 1.29 is 14.1 Å². The summed E-state index contributed by atoms with van der Waals surface area (Å²) >= 11 is 7.18. The molecule has 0 spiro atoms. The monoisotopic (exact) mass is 401 g/mol. The largest absolute Gasteiger partial charge is 0.477 e. The van der Waals surface area contributed by atoms with Crippen molar-refractivity contribution in [3.05, 3.63) is 75.9 Å². The highest BCUT2D eigenvalue weighted by molar-refractivity contribution is 7.84. The number of carbonyl (C=O) groups is 1. The molecule has 4 nitrogen and oxygen atoms in total. The van der Waals surface area contributed by atoms with Crippen molar-refractivity contribution in [3.63, 3.8) is 0 Å². The molecule has 0 saturated heterocycles. The smallest absolute Gasteiger partial charge is 0.347 e. The van der Waals surface area contributed by atoms with Crippen molar-refractivity contribution in [2.45, 2.75) is 4.90 Å². The summed E-state index contributed by atoms with van der Waals surface area (Å²) in [4.78, 5) is 11.8. The first-order chi connectivity index (χ1) is 12.6. The molecule has 2 aromatic heterocycles. The van der Waals surface area contributed by atoms with Crippen LogP contribution in [0.1, 0.15) is 9.67 Å². The van der Waals surface area contributed by atoms with Crippen LogP contribution in [-0.2, 0) is 11.0 Å². The zero-order valence-electron chi connectivity index (χ0n) is 13.3. The first kappa shape index (κ1) is 17.0. The number of hydrogen-bond donors (Lipinski definition) is 1. The van der Waals surface area contributed by atoms with Crippen LogP contribution in [0, 0.1) is 0 Å². The van der Waals surface area contributed by atoms with Crippen molar-refractivity contribution >= 4 is 50.8 Å². The standard InChI is InChI=1S/C19H12ClNO3S2/c20-14-6-7-15-13(10-14)11-16(12-4-2-1-3-5-12)21(15)26(24)17-8-9-25-18(17)19(22)23/h1-11H,(H,22,23). The van der Waals surface area contributed by atoms with E-state index < -0.39 is 17.0 Å². The molecule has 7 heteroatoms. The van der Waals surface area contributed by atoms with Gasteiger partial charge in [-0.15, -0.1) is 11.3 Å². The molecule has 1 atom stereocenters. The molecule has 4 rings (SSSR count). The summed E-state index contributed by atoms with van der Waals surface area (Å²) in [5.41, 5.74) is 2.36. The number of carboxylic acids is 1. The molecule has 0 bridgehead atoms. The molecule has 0 aliphatic carbocycles. The topological polar surface area (TPSA) is 59.3 Å². The number of carboxylic acid groups (broad SMARTS) is 1. The number of rotatable bonds is 4. The normalized spacial score (nSPS) is 12.3. The minimum absolute atomic E-state index is 0.0816. The minimum Gasteiger partial charge on any atom is -0.477 e. The summed E-state index contributed by atoms with van der Waals surface area (Å²) in [7, 11) is -1.71. The van der Waals surface area contributed by atoms with Gasteiger partial charge in [-0.25, -0.2) is 9.00 Å². The van der Waals surface area contributed by atoms with Crippen LogP contribution in [0.15, 0.2) is 70.9 Å². The average Bonchev–Trinajstić information content (AvgIpc) is 3.26. The molecule has 0 radical (unpaired) electrons. The highest BCUT2D eigenvalue weighted by atomic mass is 35.5. The van der Waals surface area contributed by atoms with E-state index in [-0.39, 0.29) is 9.77 Å². The maximum Gasteiger partial charge on any atom is 0.347 e. The lowest BCUT2D eigenvalue weighted by Gasteiger charge is -2.10. The van der Waals surface area contributed by atoms with Crippen LogP contribution in [0.5, 0.6) is 0 Å². The van der Waals surface area contributed by atoms with Crippen LogP contribution in [0.2, 0.25) is 5.02 Å². The fourth-order valence-corrected chi connectivity index (χ4v) is 5.40. The number of thiophene rings is 1. The highest BCUT2D eigenvalue weighted by Gasteiger charge is 2.22. The van der Waals surface area contributed by atoms with Crippen LogP contribution >= 0.6 is 22.9 Å². The van der Waals surface area contributed by atoms with Gasteiger partial charge in [0.1, 0.15) is 4.88 Å². The van der Waals surface area contributed by atoms with Crippen molar-refractivity contribution in [2.24, 2.45) is 0 Å². The number of aromatic nitrogens is 1. The molecule has 1 N–H and O–H groups in total. The summed E-state index contributed by atoms with van der Waals surface area (Å²) in [6, 6.07) is 18.4. The van der Waals surface area contributed by atoms with Gasteiger partial charge in [-0.2, -0.15) is 0 Å². The first-order valence-corrected chi connectivity index (χ1v) is 10.0. The second kappa shape index (κ2) is 6.72. The maximum absolute atomic E-state index is 13.4. The summed E-state index contributed by atoms with van der Waals surface area (Å²) in [5.74, 6) is -1.08. The number of nitrogens with zero attached hydrogens (tertiary/aromatic N) is 1. The Labute approximate surface area is 160 Å². The predicted molar refractivity (Wildman–Crippen MR) is 105 cm³/mol. The SMILES string of the molecule is O=C(O)c1sccc1S(=O)n1c(-c2ccccc2)cc2cc(Cl)ccc21. The van der Waals surface area contributed by atoms with Gasteiger partial charge in [-0.1, -0.05) is 41.9 Å². The molecule has 0 saturated carbocycles. The molecule has 26 heavy (non-hydrogen) atoms. The molecule has 4 aromatic rings. The molecule has 0 aliphatic heterocycles. The quantitative estimate of drug-likeness (QED) is 0.505. The highest BCUT2D eigenvalue weighted by Crippen LogP contribution is 2.33. The van der Waals surface area contributed by atoms with Crippen LogP contribution in [0.4, 0.5) is 0 Å². The molecule has 0 fully saturated rings. The van der Waals surface area contributed by atoms with Gasteiger partial charge < -0.3 is 5.11 Å². The van der Waals surface area contributed by atoms with E-state index in [4.69, 9.17) is 11.6 Å². The molecule has 0 amide bonds. The number of halogens is 1. The third-order valence-electron chi connectivity index (χ3n) is 3.97. The van der Waals surface area contributed by atoms with Crippen LogP contribution in [0.3, 0.4) is 0 Å². The molecular weight excluding hydrogens is 390 g/mol. The molecular formula is C19H12ClNO3S2. The number of hydrogen-bond acceptors (Lipinski definition) is 3. The van der Waals surface area contributed by atoms with E-state index in [1.807, 2.05) is 42.5 Å². The number of fused-ring (bicyclic) bond motifs is 1. The Bertz CT molecular complexity index is 1150. The van der Waals surface area contributed by atoms with Crippen molar-refractivity contribution in [1.29, 1.82) is 0 Å². The Morgan fingerprint density at radius 2 is 1.85 bits per heavy atom. The van der Waals surface area contributed by atoms with Crippen LogP contribution in [0.25, 0.3) is 22.2 Å². The zero-order valence-corrected chi connectivity index (χ0v) is 15.6. The van der Waals surface area contributed by atoms with Crippen LogP contribution in [-0.4, -0.2) is 19.3 Å². The van der Waals surface area contributed by atoms with Gasteiger partial charge in [-0.3, -0.25) is 3.97 Å². The van der Waals surface area contributed by atoms with E-state index in [0.717, 1.165) is 33.5 Å². The molecule has 1 unspecified atom stereocenters. The molecule has 130 valence electrons. The summed E-state index contributed by atoms with van der Waals surface area (Å²) in [6.45, 7) is 0.